The number of ether oxygens (including phenoxy) is 1. The van der Waals surface area contributed by atoms with Gasteiger partial charge < -0.3 is 9.84 Å². The van der Waals surface area contributed by atoms with Crippen molar-refractivity contribution in [1.82, 2.24) is 0 Å². The highest BCUT2D eigenvalue weighted by atomic mass is 16.5. The molecule has 0 aliphatic carbocycles. The maximum Gasteiger partial charge on any atom is 0.0991 e. The second-order valence-corrected chi connectivity index (χ2v) is 6.22. The third-order valence-electron chi connectivity index (χ3n) is 4.23. The van der Waals surface area contributed by atoms with Crippen LogP contribution in [0.3, 0.4) is 0 Å². The van der Waals surface area contributed by atoms with E-state index >= 15 is 0 Å². The first kappa shape index (κ1) is 18.6. The summed E-state index contributed by atoms with van der Waals surface area (Å²) < 4.78 is 5.88. The van der Waals surface area contributed by atoms with E-state index in [9.17, 15) is 5.11 Å². The molecule has 3 aromatic rings. The van der Waals surface area contributed by atoms with Crippen LogP contribution in [0.15, 0.2) is 91.0 Å². The average molecular weight is 355 g/mol. The molecule has 0 bridgehead atoms. The van der Waals surface area contributed by atoms with Gasteiger partial charge in [-0.05, 0) is 40.5 Å². The van der Waals surface area contributed by atoms with Gasteiger partial charge in [-0.15, -0.1) is 0 Å². The lowest BCUT2D eigenvalue weighted by Crippen LogP contribution is -2.02. The molecular weight excluding hydrogens is 334 g/mol. The van der Waals surface area contributed by atoms with Crippen molar-refractivity contribution in [2.45, 2.75) is 12.7 Å². The van der Waals surface area contributed by atoms with Crippen LogP contribution in [0.25, 0.3) is 5.57 Å². The molecule has 3 rings (SSSR count). The quantitative estimate of drug-likeness (QED) is 0.656. The summed E-state index contributed by atoms with van der Waals surface area (Å²) in [6.07, 6.45) is 1.13. The number of aliphatic hydroxyl groups excluding tert-OH is 1. The molecule has 1 unspecified atom stereocenters. The fraction of sp³-hybridized carbons (Fsp3) is 0.125. The van der Waals surface area contributed by atoms with Crippen molar-refractivity contribution in [2.24, 2.45) is 0 Å². The van der Waals surface area contributed by atoms with Crippen molar-refractivity contribution < 1.29 is 9.84 Å². The lowest BCUT2D eigenvalue weighted by Gasteiger charge is -2.13. The number of hydrogen-bond acceptors (Lipinski definition) is 3. The second-order valence-electron chi connectivity index (χ2n) is 6.22. The van der Waals surface area contributed by atoms with Gasteiger partial charge in [0.2, 0.25) is 0 Å². The van der Waals surface area contributed by atoms with Crippen LogP contribution in [-0.4, -0.2) is 11.7 Å². The minimum atomic E-state index is -0.702. The van der Waals surface area contributed by atoms with Gasteiger partial charge in [0.1, 0.15) is 0 Å². The minimum Gasteiger partial charge on any atom is -0.384 e. The van der Waals surface area contributed by atoms with Gasteiger partial charge in [0.25, 0.3) is 0 Å². The van der Waals surface area contributed by atoms with Crippen LogP contribution in [-0.2, 0) is 11.3 Å². The van der Waals surface area contributed by atoms with E-state index in [4.69, 9.17) is 10.00 Å². The molecule has 3 nitrogen and oxygen atoms in total. The second kappa shape index (κ2) is 9.49. The maximum atomic E-state index is 10.6. The smallest absolute Gasteiger partial charge is 0.0991 e. The number of hydrogen-bond donors (Lipinski definition) is 1. The normalized spacial score (nSPS) is 12.4. The molecule has 0 aliphatic rings. The zero-order valence-electron chi connectivity index (χ0n) is 15.0. The van der Waals surface area contributed by atoms with Gasteiger partial charge in [0.15, 0.2) is 0 Å². The first-order chi connectivity index (χ1) is 13.3. The predicted molar refractivity (Wildman–Crippen MR) is 107 cm³/mol. The van der Waals surface area contributed by atoms with Crippen LogP contribution in [0.1, 0.15) is 28.4 Å². The highest BCUT2D eigenvalue weighted by Crippen LogP contribution is 2.22. The zero-order valence-corrected chi connectivity index (χ0v) is 15.0. The number of benzene rings is 3. The molecule has 0 saturated carbocycles. The summed E-state index contributed by atoms with van der Waals surface area (Å²) in [6.45, 7) is 0.770. The Morgan fingerprint density at radius 3 is 2.37 bits per heavy atom. The number of nitriles is 1. The summed E-state index contributed by atoms with van der Waals surface area (Å²) in [5, 5.41) is 19.6. The molecule has 0 spiro atoms. The summed E-state index contributed by atoms with van der Waals surface area (Å²) in [4.78, 5) is 0. The van der Waals surface area contributed by atoms with Gasteiger partial charge in [0.05, 0.1) is 31.0 Å². The van der Waals surface area contributed by atoms with E-state index in [1.165, 1.54) is 0 Å². The third-order valence-corrected chi connectivity index (χ3v) is 4.23. The van der Waals surface area contributed by atoms with E-state index in [1.807, 2.05) is 84.9 Å². The molecule has 0 amide bonds. The molecule has 0 aliphatic heterocycles. The molecule has 1 N–H and O–H groups in total. The van der Waals surface area contributed by atoms with Crippen molar-refractivity contribution in [2.75, 3.05) is 6.61 Å². The first-order valence-electron chi connectivity index (χ1n) is 8.82. The number of rotatable bonds is 7. The standard InChI is InChI=1S/C24H21NO2/c25-16-19-8-7-9-20(14-19)17-27-18-23(21-10-3-1-4-11-21)15-24(26)22-12-5-2-6-13-22/h1-15,24,26H,17-18H2/b23-15+. The summed E-state index contributed by atoms with van der Waals surface area (Å²) in [7, 11) is 0. The van der Waals surface area contributed by atoms with Gasteiger partial charge in [-0.3, -0.25) is 0 Å². The Kier molecular flexibility index (Phi) is 6.54. The first-order valence-corrected chi connectivity index (χ1v) is 8.82. The van der Waals surface area contributed by atoms with Crippen molar-refractivity contribution in [1.29, 1.82) is 5.26 Å². The molecule has 3 heteroatoms. The lowest BCUT2D eigenvalue weighted by atomic mass is 10.0. The van der Waals surface area contributed by atoms with Crippen LogP contribution in [0.4, 0.5) is 0 Å². The van der Waals surface area contributed by atoms with Crippen molar-refractivity contribution >= 4 is 5.57 Å². The Morgan fingerprint density at radius 2 is 1.67 bits per heavy atom. The Morgan fingerprint density at radius 1 is 0.963 bits per heavy atom. The fourth-order valence-corrected chi connectivity index (χ4v) is 2.83. The average Bonchev–Trinajstić information content (AvgIpc) is 2.74. The molecule has 0 saturated heterocycles. The van der Waals surface area contributed by atoms with Crippen LogP contribution in [0.2, 0.25) is 0 Å². The maximum absolute atomic E-state index is 10.6. The summed E-state index contributed by atoms with van der Waals surface area (Å²) in [5.41, 5.74) is 4.34. The largest absolute Gasteiger partial charge is 0.384 e. The van der Waals surface area contributed by atoms with Crippen LogP contribution >= 0.6 is 0 Å². The van der Waals surface area contributed by atoms with Crippen molar-refractivity contribution in [3.63, 3.8) is 0 Å². The van der Waals surface area contributed by atoms with Gasteiger partial charge in [-0.25, -0.2) is 0 Å². The van der Waals surface area contributed by atoms with Gasteiger partial charge in [-0.2, -0.15) is 5.26 Å². The van der Waals surface area contributed by atoms with E-state index in [0.717, 1.165) is 22.3 Å². The third kappa shape index (κ3) is 5.39. The summed E-state index contributed by atoms with van der Waals surface area (Å²) >= 11 is 0. The molecule has 0 radical (unpaired) electrons. The number of nitrogens with zero attached hydrogens (tertiary/aromatic N) is 1. The molecule has 0 fully saturated rings. The summed E-state index contributed by atoms with van der Waals surface area (Å²) in [5.74, 6) is 0. The highest BCUT2D eigenvalue weighted by molar-refractivity contribution is 5.67. The van der Waals surface area contributed by atoms with Gasteiger partial charge in [-0.1, -0.05) is 72.8 Å². The minimum absolute atomic E-state index is 0.366. The molecule has 1 atom stereocenters. The zero-order chi connectivity index (χ0) is 18.9. The highest BCUT2D eigenvalue weighted by Gasteiger charge is 2.08. The molecule has 0 aromatic heterocycles. The Labute approximate surface area is 159 Å². The van der Waals surface area contributed by atoms with E-state index < -0.39 is 6.10 Å². The Balaban J connectivity index is 1.74. The fourth-order valence-electron chi connectivity index (χ4n) is 2.83. The van der Waals surface area contributed by atoms with Crippen molar-refractivity contribution in [3.8, 4) is 6.07 Å². The lowest BCUT2D eigenvalue weighted by molar-refractivity contribution is 0.152. The Hall–Kier alpha value is -3.19. The molecular formula is C24H21NO2. The molecule has 27 heavy (non-hydrogen) atoms. The topological polar surface area (TPSA) is 53.2 Å². The number of aliphatic hydroxyl groups is 1. The molecule has 0 heterocycles. The van der Waals surface area contributed by atoms with Gasteiger partial charge in [0, 0.05) is 0 Å². The van der Waals surface area contributed by atoms with E-state index in [-0.39, 0.29) is 0 Å². The van der Waals surface area contributed by atoms with Crippen molar-refractivity contribution in [3.05, 3.63) is 113 Å². The van der Waals surface area contributed by atoms with Gasteiger partial charge >= 0.3 is 0 Å². The predicted octanol–water partition coefficient (Wildman–Crippen LogP) is 4.89. The van der Waals surface area contributed by atoms with E-state index in [2.05, 4.69) is 6.07 Å². The monoisotopic (exact) mass is 355 g/mol. The van der Waals surface area contributed by atoms with E-state index in [0.29, 0.717) is 18.8 Å². The van der Waals surface area contributed by atoms with Crippen LogP contribution in [0.5, 0.6) is 0 Å². The SMILES string of the molecule is N#Cc1cccc(COC/C(=C\C(O)c2ccccc2)c2ccccc2)c1. The molecule has 3 aromatic carbocycles. The van der Waals surface area contributed by atoms with E-state index in [1.54, 1.807) is 6.07 Å². The summed E-state index contributed by atoms with van der Waals surface area (Å²) in [6, 6.07) is 29.0. The van der Waals surface area contributed by atoms with Crippen LogP contribution in [0, 0.1) is 11.3 Å². The molecule has 134 valence electrons. The van der Waals surface area contributed by atoms with Crippen LogP contribution < -0.4 is 0 Å². The Bertz CT molecular complexity index is 927.